The van der Waals surface area contributed by atoms with Crippen molar-refractivity contribution in [1.29, 1.82) is 0 Å². The van der Waals surface area contributed by atoms with E-state index in [4.69, 9.17) is 0 Å². The molecular weight excluding hydrogens is 272 g/mol. The highest BCUT2D eigenvalue weighted by Crippen LogP contribution is 2.34. The van der Waals surface area contributed by atoms with E-state index in [9.17, 15) is 4.79 Å². The predicted molar refractivity (Wildman–Crippen MR) is 88.1 cm³/mol. The summed E-state index contributed by atoms with van der Waals surface area (Å²) in [6, 6.07) is 7.98. The quantitative estimate of drug-likeness (QED) is 0.910. The first-order valence-corrected chi connectivity index (χ1v) is 8.86. The number of nitrogens with zero attached hydrogens (tertiary/aromatic N) is 1. The Morgan fingerprint density at radius 1 is 1.14 bits per heavy atom. The zero-order chi connectivity index (χ0) is 15.1. The van der Waals surface area contributed by atoms with Gasteiger partial charge < -0.3 is 10.2 Å². The average Bonchev–Trinajstić information content (AvgIpc) is 2.75. The molecular formula is C19H26N2O. The van der Waals surface area contributed by atoms with Gasteiger partial charge in [-0.05, 0) is 75.6 Å². The molecule has 1 unspecified atom stereocenters. The minimum absolute atomic E-state index is 0.160. The lowest BCUT2D eigenvalue weighted by Crippen LogP contribution is -2.48. The number of fused-ring (bicyclic) bond motifs is 3. The molecule has 0 radical (unpaired) electrons. The topological polar surface area (TPSA) is 32.3 Å². The first kappa shape index (κ1) is 14.3. The van der Waals surface area contributed by atoms with Crippen LogP contribution in [0.25, 0.3) is 0 Å². The smallest absolute Gasteiger partial charge is 0.251 e. The number of piperidine rings is 1. The minimum atomic E-state index is 0.160. The van der Waals surface area contributed by atoms with Crippen LogP contribution in [0.5, 0.6) is 0 Å². The average molecular weight is 298 g/mol. The summed E-state index contributed by atoms with van der Waals surface area (Å²) in [6.45, 7) is 0. The van der Waals surface area contributed by atoms with Crippen molar-refractivity contribution in [1.82, 2.24) is 10.2 Å². The molecule has 2 bridgehead atoms. The van der Waals surface area contributed by atoms with Crippen LogP contribution in [0.15, 0.2) is 18.2 Å². The number of amides is 1. The highest BCUT2D eigenvalue weighted by Gasteiger charge is 2.39. The number of benzene rings is 1. The maximum Gasteiger partial charge on any atom is 0.251 e. The summed E-state index contributed by atoms with van der Waals surface area (Å²) in [5.41, 5.74) is 3.63. The highest BCUT2D eigenvalue weighted by atomic mass is 16.1. The third-order valence-electron chi connectivity index (χ3n) is 6.07. The summed E-state index contributed by atoms with van der Waals surface area (Å²) >= 11 is 0. The zero-order valence-electron chi connectivity index (χ0n) is 13.5. The number of hydrogen-bond acceptors (Lipinski definition) is 2. The first-order chi connectivity index (χ1) is 10.7. The lowest BCUT2D eigenvalue weighted by molar-refractivity contribution is 0.0881. The van der Waals surface area contributed by atoms with Gasteiger partial charge in [0.15, 0.2) is 0 Å². The first-order valence-electron chi connectivity index (χ1n) is 8.86. The van der Waals surface area contributed by atoms with Crippen molar-refractivity contribution in [2.45, 2.75) is 69.5 Å². The molecule has 1 amide bonds. The van der Waals surface area contributed by atoms with Gasteiger partial charge in [-0.1, -0.05) is 12.1 Å². The molecule has 3 heteroatoms. The van der Waals surface area contributed by atoms with Crippen molar-refractivity contribution in [3.63, 3.8) is 0 Å². The molecule has 4 rings (SSSR count). The molecule has 3 atom stereocenters. The van der Waals surface area contributed by atoms with Crippen molar-refractivity contribution in [2.24, 2.45) is 0 Å². The largest absolute Gasteiger partial charge is 0.349 e. The van der Waals surface area contributed by atoms with Gasteiger partial charge in [-0.15, -0.1) is 0 Å². The van der Waals surface area contributed by atoms with E-state index in [1.165, 1.54) is 36.8 Å². The van der Waals surface area contributed by atoms with Gasteiger partial charge in [-0.2, -0.15) is 0 Å². The summed E-state index contributed by atoms with van der Waals surface area (Å²) in [5, 5.41) is 3.34. The molecule has 0 spiro atoms. The molecule has 2 fully saturated rings. The Labute approximate surface area is 133 Å². The van der Waals surface area contributed by atoms with Crippen LogP contribution < -0.4 is 5.32 Å². The highest BCUT2D eigenvalue weighted by molar-refractivity contribution is 5.96. The van der Waals surface area contributed by atoms with Gasteiger partial charge in [0.25, 0.3) is 5.91 Å². The molecule has 2 aliphatic heterocycles. The number of rotatable bonds is 2. The Morgan fingerprint density at radius 3 is 2.64 bits per heavy atom. The monoisotopic (exact) mass is 298 g/mol. The van der Waals surface area contributed by atoms with Gasteiger partial charge in [-0.25, -0.2) is 0 Å². The van der Waals surface area contributed by atoms with Crippen LogP contribution in [0.4, 0.5) is 0 Å². The number of nitrogens with one attached hydrogen (secondary N) is 1. The van der Waals surface area contributed by atoms with Crippen molar-refractivity contribution >= 4 is 5.91 Å². The van der Waals surface area contributed by atoms with E-state index >= 15 is 0 Å². The Morgan fingerprint density at radius 2 is 1.86 bits per heavy atom. The molecule has 2 saturated heterocycles. The lowest BCUT2D eigenvalue weighted by atomic mass is 9.87. The molecule has 22 heavy (non-hydrogen) atoms. The van der Waals surface area contributed by atoms with Gasteiger partial charge in [0, 0.05) is 23.7 Å². The molecule has 1 aromatic carbocycles. The van der Waals surface area contributed by atoms with Gasteiger partial charge in [-0.3, -0.25) is 4.79 Å². The third-order valence-corrected chi connectivity index (χ3v) is 6.07. The SMILES string of the molecule is CN1[C@@H]2CC[C@H]1CC(NC(=O)c1cccc3c1CCCC3)C2. The summed E-state index contributed by atoms with van der Waals surface area (Å²) in [7, 11) is 2.24. The maximum absolute atomic E-state index is 12.8. The molecule has 3 nitrogen and oxygen atoms in total. The van der Waals surface area contributed by atoms with Crippen LogP contribution in [-0.2, 0) is 12.8 Å². The van der Waals surface area contributed by atoms with E-state index in [1.807, 2.05) is 6.07 Å². The third kappa shape index (κ3) is 2.45. The lowest BCUT2D eigenvalue weighted by Gasteiger charge is -2.36. The number of hydrogen-bond donors (Lipinski definition) is 1. The predicted octanol–water partition coefficient (Wildman–Crippen LogP) is 2.92. The molecule has 1 aromatic rings. The summed E-state index contributed by atoms with van der Waals surface area (Å²) < 4.78 is 0. The van der Waals surface area contributed by atoms with E-state index in [2.05, 4.69) is 29.4 Å². The fourth-order valence-electron chi connectivity index (χ4n) is 4.79. The number of aryl methyl sites for hydroxylation is 1. The van der Waals surface area contributed by atoms with Crippen LogP contribution in [-0.4, -0.2) is 36.0 Å². The number of carbonyl (C=O) groups is 1. The second-order valence-corrected chi connectivity index (χ2v) is 7.34. The standard InChI is InChI=1S/C19H26N2O/c1-21-15-9-10-16(21)12-14(11-15)20-19(22)18-8-4-6-13-5-2-3-7-17(13)18/h4,6,8,14-16H,2-3,5,7,9-12H2,1H3,(H,20,22)/t14?,15-,16+. The van der Waals surface area contributed by atoms with Crippen LogP contribution in [0.1, 0.15) is 60.0 Å². The van der Waals surface area contributed by atoms with E-state index in [1.54, 1.807) is 0 Å². The van der Waals surface area contributed by atoms with E-state index < -0.39 is 0 Å². The Bertz CT molecular complexity index is 569. The normalized spacial score (nSPS) is 30.9. The van der Waals surface area contributed by atoms with E-state index in [0.29, 0.717) is 18.1 Å². The van der Waals surface area contributed by atoms with Gasteiger partial charge >= 0.3 is 0 Å². The van der Waals surface area contributed by atoms with Gasteiger partial charge in [0.1, 0.15) is 0 Å². The maximum atomic E-state index is 12.8. The summed E-state index contributed by atoms with van der Waals surface area (Å²) in [4.78, 5) is 15.3. The molecule has 0 aromatic heterocycles. The summed E-state index contributed by atoms with van der Waals surface area (Å²) in [5.74, 6) is 0.160. The number of carbonyl (C=O) groups excluding carboxylic acids is 1. The van der Waals surface area contributed by atoms with E-state index in [-0.39, 0.29) is 5.91 Å². The molecule has 0 saturated carbocycles. The molecule has 118 valence electrons. The van der Waals surface area contributed by atoms with Crippen molar-refractivity contribution in [3.05, 3.63) is 34.9 Å². The Hall–Kier alpha value is -1.35. The fraction of sp³-hybridized carbons (Fsp3) is 0.632. The van der Waals surface area contributed by atoms with E-state index in [0.717, 1.165) is 31.2 Å². The van der Waals surface area contributed by atoms with Crippen LogP contribution in [0, 0.1) is 0 Å². The Balaban J connectivity index is 1.49. The van der Waals surface area contributed by atoms with Crippen molar-refractivity contribution in [3.8, 4) is 0 Å². The van der Waals surface area contributed by atoms with Crippen LogP contribution in [0.3, 0.4) is 0 Å². The summed E-state index contributed by atoms with van der Waals surface area (Å²) in [6.07, 6.45) is 9.52. The second-order valence-electron chi connectivity index (χ2n) is 7.34. The zero-order valence-corrected chi connectivity index (χ0v) is 13.5. The van der Waals surface area contributed by atoms with Crippen LogP contribution in [0.2, 0.25) is 0 Å². The molecule has 1 N–H and O–H groups in total. The Kier molecular flexibility index (Phi) is 3.69. The molecule has 1 aliphatic carbocycles. The molecule has 2 heterocycles. The van der Waals surface area contributed by atoms with Gasteiger partial charge in [0.2, 0.25) is 0 Å². The van der Waals surface area contributed by atoms with Crippen LogP contribution >= 0.6 is 0 Å². The van der Waals surface area contributed by atoms with Crippen molar-refractivity contribution < 1.29 is 4.79 Å². The van der Waals surface area contributed by atoms with Gasteiger partial charge in [0.05, 0.1) is 0 Å². The van der Waals surface area contributed by atoms with Crippen molar-refractivity contribution in [2.75, 3.05) is 7.05 Å². The fourth-order valence-corrected chi connectivity index (χ4v) is 4.79. The minimum Gasteiger partial charge on any atom is -0.349 e. The second kappa shape index (κ2) is 5.69. The molecule has 3 aliphatic rings.